The molecule has 0 aromatic heterocycles. The van der Waals surface area contributed by atoms with Crippen molar-refractivity contribution in [1.29, 1.82) is 0 Å². The maximum Gasteiger partial charge on any atom is 0.251 e. The van der Waals surface area contributed by atoms with Crippen molar-refractivity contribution in [2.45, 2.75) is 13.8 Å². The summed E-state index contributed by atoms with van der Waals surface area (Å²) in [5.41, 5.74) is 0.296. The van der Waals surface area contributed by atoms with Gasteiger partial charge in [-0.2, -0.15) is 0 Å². The molecule has 0 radical (unpaired) electrons. The molecular weight excluding hydrogens is 315 g/mol. The summed E-state index contributed by atoms with van der Waals surface area (Å²) >= 11 is 3.00. The van der Waals surface area contributed by atoms with Gasteiger partial charge >= 0.3 is 0 Å². The summed E-state index contributed by atoms with van der Waals surface area (Å²) < 4.78 is 13.2. The number of carbonyl (C=O) groups excluding carboxylic acids is 2. The molecule has 0 atom stereocenters. The van der Waals surface area contributed by atoms with Crippen LogP contribution in [-0.2, 0) is 4.79 Å². The molecule has 4 nitrogen and oxygen atoms in total. The maximum absolute atomic E-state index is 13.0. The summed E-state index contributed by atoms with van der Waals surface area (Å²) in [6.45, 7) is 4.43. The highest BCUT2D eigenvalue weighted by molar-refractivity contribution is 9.10. The van der Waals surface area contributed by atoms with Crippen molar-refractivity contribution < 1.29 is 14.0 Å². The fourth-order valence-corrected chi connectivity index (χ4v) is 1.66. The van der Waals surface area contributed by atoms with Crippen LogP contribution in [0.4, 0.5) is 4.39 Å². The minimum Gasteiger partial charge on any atom is -0.354 e. The molecule has 1 aromatic carbocycles. The number of carbonyl (C=O) groups is 2. The quantitative estimate of drug-likeness (QED) is 0.868. The Morgan fingerprint density at radius 1 is 1.32 bits per heavy atom. The van der Waals surface area contributed by atoms with Crippen LogP contribution in [0.2, 0.25) is 0 Å². The first-order valence-corrected chi connectivity index (χ1v) is 6.69. The van der Waals surface area contributed by atoms with E-state index in [0.29, 0.717) is 18.0 Å². The van der Waals surface area contributed by atoms with Gasteiger partial charge in [0.05, 0.1) is 11.0 Å². The normalized spacial score (nSPS) is 10.4. The van der Waals surface area contributed by atoms with Crippen molar-refractivity contribution in [3.05, 3.63) is 34.1 Å². The van der Waals surface area contributed by atoms with Gasteiger partial charge in [0.15, 0.2) is 0 Å². The lowest BCUT2D eigenvalue weighted by Gasteiger charge is -2.09. The molecule has 0 saturated carbocycles. The molecular formula is C13H16BrFN2O2. The zero-order valence-corrected chi connectivity index (χ0v) is 12.4. The van der Waals surface area contributed by atoms with E-state index in [4.69, 9.17) is 0 Å². The number of hydrogen-bond donors (Lipinski definition) is 2. The molecule has 104 valence electrons. The Hall–Kier alpha value is -1.43. The van der Waals surface area contributed by atoms with Gasteiger partial charge in [-0.25, -0.2) is 4.39 Å². The first-order chi connectivity index (χ1) is 8.90. The largest absolute Gasteiger partial charge is 0.354 e. The zero-order chi connectivity index (χ0) is 14.4. The zero-order valence-electron chi connectivity index (χ0n) is 10.8. The van der Waals surface area contributed by atoms with Crippen LogP contribution in [0, 0.1) is 11.7 Å². The summed E-state index contributed by atoms with van der Waals surface area (Å²) in [5, 5.41) is 5.16. The van der Waals surface area contributed by atoms with Crippen LogP contribution in [0.1, 0.15) is 24.2 Å². The van der Waals surface area contributed by atoms with E-state index in [0.717, 1.165) is 0 Å². The molecule has 2 N–H and O–H groups in total. The number of rotatable bonds is 5. The molecule has 0 aliphatic rings. The lowest BCUT2D eigenvalue weighted by molar-refractivity contribution is -0.120. The average Bonchev–Trinajstić information content (AvgIpc) is 2.36. The second kappa shape index (κ2) is 7.23. The van der Waals surface area contributed by atoms with Crippen LogP contribution in [0.15, 0.2) is 22.7 Å². The van der Waals surface area contributed by atoms with Crippen molar-refractivity contribution in [1.82, 2.24) is 10.6 Å². The van der Waals surface area contributed by atoms with Crippen molar-refractivity contribution in [3.63, 3.8) is 0 Å². The molecule has 1 rings (SSSR count). The number of halogens is 2. The van der Waals surface area contributed by atoms with Crippen LogP contribution in [-0.4, -0.2) is 24.9 Å². The molecule has 2 amide bonds. The average molecular weight is 331 g/mol. The molecule has 0 bridgehead atoms. The number of nitrogens with one attached hydrogen (secondary N) is 2. The van der Waals surface area contributed by atoms with Gasteiger partial charge in [0.1, 0.15) is 5.82 Å². The van der Waals surface area contributed by atoms with Gasteiger partial charge in [-0.3, -0.25) is 9.59 Å². The molecule has 0 spiro atoms. The van der Waals surface area contributed by atoms with Gasteiger partial charge in [-0.05, 0) is 40.0 Å². The summed E-state index contributed by atoms with van der Waals surface area (Å²) in [4.78, 5) is 23.1. The third-order valence-electron chi connectivity index (χ3n) is 2.30. The smallest absolute Gasteiger partial charge is 0.251 e. The second-order valence-electron chi connectivity index (χ2n) is 4.51. The number of amides is 2. The summed E-state index contributed by atoms with van der Waals surface area (Å²) in [5.74, 6) is -0.748. The van der Waals surface area contributed by atoms with Gasteiger partial charge in [0, 0.05) is 12.1 Å². The van der Waals surface area contributed by atoms with Gasteiger partial charge in [0.2, 0.25) is 5.91 Å². The van der Waals surface area contributed by atoms with E-state index < -0.39 is 11.7 Å². The fraction of sp³-hybridized carbons (Fsp3) is 0.385. The van der Waals surface area contributed by atoms with Crippen LogP contribution in [0.3, 0.4) is 0 Å². The van der Waals surface area contributed by atoms with E-state index in [1.807, 2.05) is 13.8 Å². The number of hydrogen-bond acceptors (Lipinski definition) is 2. The highest BCUT2D eigenvalue weighted by atomic mass is 79.9. The Morgan fingerprint density at radius 3 is 2.58 bits per heavy atom. The standard InChI is InChI=1S/C13H16BrFN2O2/c1-8(2)6-16-12(18)7-17-13(19)9-3-4-11(15)10(14)5-9/h3-5,8H,6-7H2,1-2H3,(H,16,18)(H,17,19). The maximum atomic E-state index is 13.0. The Kier molecular flexibility index (Phi) is 5.95. The van der Waals surface area contributed by atoms with Crippen molar-refractivity contribution in [3.8, 4) is 0 Å². The van der Waals surface area contributed by atoms with Crippen LogP contribution in [0.25, 0.3) is 0 Å². The van der Waals surface area contributed by atoms with E-state index >= 15 is 0 Å². The molecule has 0 fully saturated rings. The second-order valence-corrected chi connectivity index (χ2v) is 5.36. The van der Waals surface area contributed by atoms with Gasteiger partial charge in [-0.15, -0.1) is 0 Å². The third-order valence-corrected chi connectivity index (χ3v) is 2.91. The van der Waals surface area contributed by atoms with Crippen molar-refractivity contribution in [2.75, 3.05) is 13.1 Å². The van der Waals surface area contributed by atoms with Gasteiger partial charge < -0.3 is 10.6 Å². The van der Waals surface area contributed by atoms with Crippen LogP contribution in [0.5, 0.6) is 0 Å². The minimum atomic E-state index is -0.439. The molecule has 0 aliphatic heterocycles. The van der Waals surface area contributed by atoms with Crippen molar-refractivity contribution >= 4 is 27.7 Å². The van der Waals surface area contributed by atoms with Gasteiger partial charge in [-0.1, -0.05) is 13.8 Å². The molecule has 0 unspecified atom stereocenters. The predicted molar refractivity (Wildman–Crippen MR) is 74.3 cm³/mol. The third kappa shape index (κ3) is 5.38. The molecule has 0 aliphatic carbocycles. The number of benzene rings is 1. The minimum absolute atomic E-state index is 0.0967. The van der Waals surface area contributed by atoms with Crippen LogP contribution < -0.4 is 10.6 Å². The Morgan fingerprint density at radius 2 is 2.00 bits per heavy atom. The highest BCUT2D eigenvalue weighted by Gasteiger charge is 2.10. The van der Waals surface area contributed by atoms with E-state index in [2.05, 4.69) is 26.6 Å². The van der Waals surface area contributed by atoms with E-state index in [1.54, 1.807) is 0 Å². The molecule has 6 heteroatoms. The van der Waals surface area contributed by atoms with Crippen LogP contribution >= 0.6 is 15.9 Å². The topological polar surface area (TPSA) is 58.2 Å². The van der Waals surface area contributed by atoms with E-state index in [9.17, 15) is 14.0 Å². The molecule has 19 heavy (non-hydrogen) atoms. The Balaban J connectivity index is 2.47. The van der Waals surface area contributed by atoms with Gasteiger partial charge in [0.25, 0.3) is 5.91 Å². The lowest BCUT2D eigenvalue weighted by Crippen LogP contribution is -2.38. The fourth-order valence-electron chi connectivity index (χ4n) is 1.28. The summed E-state index contributed by atoms with van der Waals surface area (Å²) in [6, 6.07) is 3.93. The Labute approximate surface area is 119 Å². The SMILES string of the molecule is CC(C)CNC(=O)CNC(=O)c1ccc(F)c(Br)c1. The van der Waals surface area contributed by atoms with Crippen molar-refractivity contribution in [2.24, 2.45) is 5.92 Å². The van der Waals surface area contributed by atoms with E-state index in [-0.39, 0.29) is 16.9 Å². The lowest BCUT2D eigenvalue weighted by atomic mass is 10.2. The molecule has 0 heterocycles. The molecule has 0 saturated heterocycles. The Bertz CT molecular complexity index is 478. The predicted octanol–water partition coefficient (Wildman–Crippen LogP) is 2.09. The highest BCUT2D eigenvalue weighted by Crippen LogP contribution is 2.16. The monoisotopic (exact) mass is 330 g/mol. The summed E-state index contributed by atoms with van der Waals surface area (Å²) in [6.07, 6.45) is 0. The summed E-state index contributed by atoms with van der Waals surface area (Å²) in [7, 11) is 0. The van der Waals surface area contributed by atoms with E-state index in [1.165, 1.54) is 18.2 Å². The first kappa shape index (κ1) is 15.6. The first-order valence-electron chi connectivity index (χ1n) is 5.90. The molecule has 1 aromatic rings.